The molecule has 0 aliphatic heterocycles. The number of aromatic nitrogens is 1. The van der Waals surface area contributed by atoms with E-state index in [0.29, 0.717) is 5.69 Å². The Labute approximate surface area is 97.6 Å². The van der Waals surface area contributed by atoms with Crippen LogP contribution >= 0.6 is 0 Å². The Morgan fingerprint density at radius 1 is 1.59 bits per heavy atom. The Morgan fingerprint density at radius 2 is 2.29 bits per heavy atom. The zero-order valence-electron chi connectivity index (χ0n) is 9.21. The highest BCUT2D eigenvalue weighted by molar-refractivity contribution is 5.94. The minimum Gasteiger partial charge on any atom is -0.477 e. The number of carboxylic acids is 1. The molecule has 0 aliphatic carbocycles. The van der Waals surface area contributed by atoms with E-state index in [4.69, 9.17) is 15.6 Å². The van der Waals surface area contributed by atoms with Gasteiger partial charge in [0.05, 0.1) is 11.9 Å². The lowest BCUT2D eigenvalue weighted by atomic mass is 10.3. The molecule has 1 aromatic rings. The van der Waals surface area contributed by atoms with Crippen molar-refractivity contribution >= 4 is 17.6 Å². The highest BCUT2D eigenvalue weighted by Gasteiger charge is 2.15. The third-order valence-corrected chi connectivity index (χ3v) is 2.04. The standard InChI is InChI=1S/C10H13N3O4/c1-17-8(4-11)9(14)13-6-2-3-7(10(15)16)12-5-6/h2-3,5,8H,4,11H2,1H3,(H,13,14)(H,15,16). The number of ether oxygens (including phenoxy) is 1. The topological polar surface area (TPSA) is 115 Å². The normalized spacial score (nSPS) is 11.9. The molecule has 17 heavy (non-hydrogen) atoms. The van der Waals surface area contributed by atoms with Gasteiger partial charge < -0.3 is 20.9 Å². The van der Waals surface area contributed by atoms with E-state index in [1.165, 1.54) is 25.4 Å². The number of methoxy groups -OCH3 is 1. The summed E-state index contributed by atoms with van der Waals surface area (Å²) in [6.45, 7) is 0.0585. The Hall–Kier alpha value is -1.99. The van der Waals surface area contributed by atoms with Crippen molar-refractivity contribution in [2.75, 3.05) is 19.0 Å². The maximum Gasteiger partial charge on any atom is 0.354 e. The smallest absolute Gasteiger partial charge is 0.354 e. The predicted octanol–water partition coefficient (Wildman–Crippen LogP) is -0.308. The number of aromatic carboxylic acids is 1. The second-order valence-electron chi connectivity index (χ2n) is 3.19. The van der Waals surface area contributed by atoms with Crippen molar-refractivity contribution in [2.45, 2.75) is 6.10 Å². The van der Waals surface area contributed by atoms with E-state index >= 15 is 0 Å². The number of carbonyl (C=O) groups is 2. The van der Waals surface area contributed by atoms with Crippen molar-refractivity contribution in [1.82, 2.24) is 4.98 Å². The van der Waals surface area contributed by atoms with Gasteiger partial charge in [0.2, 0.25) is 0 Å². The first-order valence-corrected chi connectivity index (χ1v) is 4.81. The van der Waals surface area contributed by atoms with Crippen molar-refractivity contribution < 1.29 is 19.4 Å². The van der Waals surface area contributed by atoms with Crippen molar-refractivity contribution in [3.05, 3.63) is 24.0 Å². The molecular formula is C10H13N3O4. The first-order chi connectivity index (χ1) is 8.08. The summed E-state index contributed by atoms with van der Waals surface area (Å²) in [4.78, 5) is 25.7. The molecule has 0 radical (unpaired) electrons. The van der Waals surface area contributed by atoms with Gasteiger partial charge in [0.15, 0.2) is 0 Å². The molecule has 1 atom stereocenters. The lowest BCUT2D eigenvalue weighted by molar-refractivity contribution is -0.125. The summed E-state index contributed by atoms with van der Waals surface area (Å²) >= 11 is 0. The van der Waals surface area contributed by atoms with Crippen molar-refractivity contribution in [3.63, 3.8) is 0 Å². The van der Waals surface area contributed by atoms with Gasteiger partial charge in [-0.2, -0.15) is 0 Å². The number of hydrogen-bond acceptors (Lipinski definition) is 5. The van der Waals surface area contributed by atoms with Gasteiger partial charge in [-0.1, -0.05) is 0 Å². The number of nitrogens with zero attached hydrogens (tertiary/aromatic N) is 1. The van der Waals surface area contributed by atoms with Gasteiger partial charge in [-0.3, -0.25) is 4.79 Å². The second-order valence-corrected chi connectivity index (χ2v) is 3.19. The van der Waals surface area contributed by atoms with Crippen LogP contribution in [0.4, 0.5) is 5.69 Å². The van der Waals surface area contributed by atoms with Gasteiger partial charge in [-0.15, -0.1) is 0 Å². The van der Waals surface area contributed by atoms with Gasteiger partial charge in [-0.25, -0.2) is 9.78 Å². The molecule has 0 saturated carbocycles. The number of hydrogen-bond donors (Lipinski definition) is 3. The first-order valence-electron chi connectivity index (χ1n) is 4.81. The maximum atomic E-state index is 11.5. The number of carboxylic acid groups (broad SMARTS) is 1. The monoisotopic (exact) mass is 239 g/mol. The van der Waals surface area contributed by atoms with Crippen LogP contribution in [-0.4, -0.2) is 41.7 Å². The van der Waals surface area contributed by atoms with E-state index in [1.807, 2.05) is 0 Å². The number of pyridine rings is 1. The van der Waals surface area contributed by atoms with E-state index < -0.39 is 18.0 Å². The molecule has 0 aliphatic rings. The Balaban J connectivity index is 2.69. The minimum atomic E-state index is -1.13. The third-order valence-electron chi connectivity index (χ3n) is 2.04. The van der Waals surface area contributed by atoms with Gasteiger partial charge in [0.25, 0.3) is 5.91 Å². The highest BCUT2D eigenvalue weighted by atomic mass is 16.5. The zero-order valence-corrected chi connectivity index (χ0v) is 9.21. The molecule has 0 saturated heterocycles. The van der Waals surface area contributed by atoms with Crippen LogP contribution < -0.4 is 11.1 Å². The van der Waals surface area contributed by atoms with E-state index in [1.54, 1.807) is 0 Å². The quantitative estimate of drug-likeness (QED) is 0.649. The van der Waals surface area contributed by atoms with Gasteiger partial charge >= 0.3 is 5.97 Å². The molecule has 0 aromatic carbocycles. The molecule has 0 bridgehead atoms. The van der Waals surface area contributed by atoms with Crippen molar-refractivity contribution in [3.8, 4) is 0 Å². The third kappa shape index (κ3) is 3.51. The van der Waals surface area contributed by atoms with Crippen LogP contribution in [0, 0.1) is 0 Å². The molecular weight excluding hydrogens is 226 g/mol. The van der Waals surface area contributed by atoms with E-state index in [0.717, 1.165) is 0 Å². The molecule has 1 heterocycles. The molecule has 4 N–H and O–H groups in total. The zero-order chi connectivity index (χ0) is 12.8. The Morgan fingerprint density at radius 3 is 2.71 bits per heavy atom. The minimum absolute atomic E-state index is 0.0585. The number of carbonyl (C=O) groups excluding carboxylic acids is 1. The van der Waals surface area contributed by atoms with Crippen LogP contribution in [0.2, 0.25) is 0 Å². The number of nitrogens with one attached hydrogen (secondary N) is 1. The van der Waals surface area contributed by atoms with Crippen LogP contribution in [0.3, 0.4) is 0 Å². The molecule has 7 heteroatoms. The van der Waals surface area contributed by atoms with E-state index in [-0.39, 0.29) is 12.2 Å². The van der Waals surface area contributed by atoms with Crippen LogP contribution in [0.25, 0.3) is 0 Å². The molecule has 0 fully saturated rings. The molecule has 92 valence electrons. The number of anilines is 1. The number of amides is 1. The lowest BCUT2D eigenvalue weighted by Gasteiger charge is -2.12. The van der Waals surface area contributed by atoms with Crippen molar-refractivity contribution in [2.24, 2.45) is 5.73 Å². The second kappa shape index (κ2) is 5.92. The summed E-state index contributed by atoms with van der Waals surface area (Å²) in [6.07, 6.45) is 0.513. The largest absolute Gasteiger partial charge is 0.477 e. The van der Waals surface area contributed by atoms with Crippen LogP contribution in [0.15, 0.2) is 18.3 Å². The average Bonchev–Trinajstić information content (AvgIpc) is 2.31. The Kier molecular flexibility index (Phi) is 4.56. The number of nitrogens with two attached hydrogens (primary N) is 1. The van der Waals surface area contributed by atoms with Gasteiger partial charge in [0, 0.05) is 13.7 Å². The molecule has 1 unspecified atom stereocenters. The van der Waals surface area contributed by atoms with E-state index in [2.05, 4.69) is 10.3 Å². The highest BCUT2D eigenvalue weighted by Crippen LogP contribution is 2.07. The number of rotatable bonds is 5. The first kappa shape index (κ1) is 13.1. The van der Waals surface area contributed by atoms with Crippen LogP contribution in [-0.2, 0) is 9.53 Å². The van der Waals surface area contributed by atoms with Crippen LogP contribution in [0.5, 0.6) is 0 Å². The summed E-state index contributed by atoms with van der Waals surface area (Å²) in [5, 5.41) is 11.1. The van der Waals surface area contributed by atoms with Gasteiger partial charge in [0.1, 0.15) is 11.8 Å². The molecule has 0 spiro atoms. The molecule has 1 amide bonds. The van der Waals surface area contributed by atoms with Crippen molar-refractivity contribution in [1.29, 1.82) is 0 Å². The summed E-state index contributed by atoms with van der Waals surface area (Å²) < 4.78 is 4.84. The fourth-order valence-electron chi connectivity index (χ4n) is 1.13. The molecule has 1 rings (SSSR count). The summed E-state index contributed by atoms with van der Waals surface area (Å²) in [7, 11) is 1.38. The SMILES string of the molecule is COC(CN)C(=O)Nc1ccc(C(=O)O)nc1. The predicted molar refractivity (Wildman–Crippen MR) is 59.7 cm³/mol. The maximum absolute atomic E-state index is 11.5. The Bertz CT molecular complexity index is 401. The molecule has 7 nitrogen and oxygen atoms in total. The fourth-order valence-corrected chi connectivity index (χ4v) is 1.13. The lowest BCUT2D eigenvalue weighted by Crippen LogP contribution is -2.35. The van der Waals surface area contributed by atoms with Crippen LogP contribution in [0.1, 0.15) is 10.5 Å². The fraction of sp³-hybridized carbons (Fsp3) is 0.300. The van der Waals surface area contributed by atoms with Gasteiger partial charge in [-0.05, 0) is 12.1 Å². The summed E-state index contributed by atoms with van der Waals surface area (Å²) in [5.41, 5.74) is 5.61. The van der Waals surface area contributed by atoms with E-state index in [9.17, 15) is 9.59 Å². The summed E-state index contributed by atoms with van der Waals surface area (Å²) in [6, 6.07) is 2.74. The molecule has 1 aromatic heterocycles. The average molecular weight is 239 g/mol. The summed E-state index contributed by atoms with van der Waals surface area (Å²) in [5.74, 6) is -1.53.